The van der Waals surface area contributed by atoms with Gasteiger partial charge in [-0.2, -0.15) is 0 Å². The zero-order chi connectivity index (χ0) is 23.3. The van der Waals surface area contributed by atoms with Crippen LogP contribution in [0.25, 0.3) is 5.57 Å². The molecule has 0 fully saturated rings. The van der Waals surface area contributed by atoms with Crippen molar-refractivity contribution in [2.75, 3.05) is 7.05 Å². The van der Waals surface area contributed by atoms with E-state index in [1.165, 1.54) is 43.2 Å². The summed E-state index contributed by atoms with van der Waals surface area (Å²) in [6.45, 7) is 6.83. The first-order chi connectivity index (χ1) is 15.3. The van der Waals surface area contributed by atoms with Gasteiger partial charge < -0.3 is 11.1 Å². The van der Waals surface area contributed by atoms with Crippen LogP contribution in [-0.2, 0) is 0 Å². The van der Waals surface area contributed by atoms with E-state index >= 15 is 0 Å². The van der Waals surface area contributed by atoms with Gasteiger partial charge >= 0.3 is 0 Å². The van der Waals surface area contributed by atoms with Crippen LogP contribution in [0.4, 0.5) is 4.39 Å². The Labute approximate surface area is 191 Å². The molecule has 168 valence electrons. The number of aliphatic imine (C=N–C) groups is 1. The van der Waals surface area contributed by atoms with Crippen LogP contribution in [0.15, 0.2) is 81.9 Å². The molecule has 3 rings (SSSR count). The molecule has 0 spiro atoms. The Hall–Kier alpha value is -3.01. The Morgan fingerprint density at radius 1 is 1.22 bits per heavy atom. The van der Waals surface area contributed by atoms with Gasteiger partial charge in [-0.15, -0.1) is 0 Å². The molecule has 2 aliphatic carbocycles. The number of allylic oxidation sites excluding steroid dienone is 8. The Kier molecular flexibility index (Phi) is 7.44. The number of nitrogens with two attached hydrogens (primary N) is 1. The lowest BCUT2D eigenvalue weighted by Crippen LogP contribution is -2.18. The van der Waals surface area contributed by atoms with Crippen LogP contribution in [0.2, 0.25) is 0 Å². The highest BCUT2D eigenvalue weighted by atomic mass is 19.1. The summed E-state index contributed by atoms with van der Waals surface area (Å²) < 4.78 is 14.1. The van der Waals surface area contributed by atoms with E-state index in [1.54, 1.807) is 13.1 Å². The molecule has 0 bridgehead atoms. The molecule has 0 radical (unpaired) electrons. The molecule has 1 atom stereocenters. The summed E-state index contributed by atoms with van der Waals surface area (Å²) in [7, 11) is 1.63. The van der Waals surface area contributed by atoms with Crippen LogP contribution in [0.5, 0.6) is 0 Å². The predicted octanol–water partition coefficient (Wildman–Crippen LogP) is 6.80. The van der Waals surface area contributed by atoms with Gasteiger partial charge in [0, 0.05) is 30.3 Å². The van der Waals surface area contributed by atoms with Crippen LogP contribution in [0, 0.1) is 22.6 Å². The van der Waals surface area contributed by atoms with Gasteiger partial charge in [-0.05, 0) is 52.3 Å². The van der Waals surface area contributed by atoms with E-state index in [0.717, 1.165) is 23.1 Å². The van der Waals surface area contributed by atoms with Gasteiger partial charge in [0.1, 0.15) is 11.7 Å². The van der Waals surface area contributed by atoms with E-state index < -0.39 is 0 Å². The highest BCUT2D eigenvalue weighted by Gasteiger charge is 2.28. The van der Waals surface area contributed by atoms with Gasteiger partial charge in [0.05, 0.1) is 0 Å². The Morgan fingerprint density at radius 3 is 2.66 bits per heavy atom. The van der Waals surface area contributed by atoms with Crippen LogP contribution < -0.4 is 5.73 Å². The van der Waals surface area contributed by atoms with Crippen molar-refractivity contribution >= 4 is 17.6 Å². The van der Waals surface area contributed by atoms with E-state index in [9.17, 15) is 4.39 Å². The van der Waals surface area contributed by atoms with E-state index in [4.69, 9.17) is 11.1 Å². The number of halogens is 1. The maximum atomic E-state index is 14.1. The summed E-state index contributed by atoms with van der Waals surface area (Å²) >= 11 is 0. The second kappa shape index (κ2) is 10.1. The highest BCUT2D eigenvalue weighted by molar-refractivity contribution is 6.16. The lowest BCUT2D eigenvalue weighted by atomic mass is 9.75. The van der Waals surface area contributed by atoms with Crippen molar-refractivity contribution in [3.63, 3.8) is 0 Å². The molecule has 3 nitrogen and oxygen atoms in total. The summed E-state index contributed by atoms with van der Waals surface area (Å²) in [5, 5.41) is 8.05. The first-order valence-electron chi connectivity index (χ1n) is 11.4. The van der Waals surface area contributed by atoms with Crippen LogP contribution >= 0.6 is 0 Å². The smallest absolute Gasteiger partial charge is 0.126 e. The summed E-state index contributed by atoms with van der Waals surface area (Å²) in [4.78, 5) is 4.20. The first kappa shape index (κ1) is 23.6. The van der Waals surface area contributed by atoms with E-state index in [1.807, 2.05) is 12.1 Å². The van der Waals surface area contributed by atoms with Crippen LogP contribution in [0.1, 0.15) is 52.0 Å². The lowest BCUT2D eigenvalue weighted by molar-refractivity contribution is 0.392. The second-order valence-corrected chi connectivity index (χ2v) is 9.14. The standard InChI is InChI=1S/C28H34FN3/c1-5-6-7-13-28(2,3)23-12-11-19-14-22(18-30)26(27(31)32-4)25(17-21(19)15-23)20-9-8-10-24(29)16-20/h8-12,14-18,21,30H,5-7,13H2,1-4H3,(H2,31,32). The average Bonchev–Trinajstić information content (AvgIpc) is 2.94. The second-order valence-electron chi connectivity index (χ2n) is 9.14. The molecular formula is C28H34FN3. The number of benzene rings is 1. The third kappa shape index (κ3) is 5.07. The number of fused-ring (bicyclic) bond motifs is 1. The molecule has 1 aromatic carbocycles. The van der Waals surface area contributed by atoms with Gasteiger partial charge in [0.25, 0.3) is 0 Å². The molecule has 3 N–H and O–H groups in total. The summed E-state index contributed by atoms with van der Waals surface area (Å²) in [6, 6.07) is 6.52. The number of nitrogens with one attached hydrogen (secondary N) is 1. The Morgan fingerprint density at radius 2 is 2.00 bits per heavy atom. The summed E-state index contributed by atoms with van der Waals surface area (Å²) in [6.07, 6.45) is 16.9. The molecule has 0 aromatic heterocycles. The van der Waals surface area contributed by atoms with Crippen molar-refractivity contribution in [3.05, 3.63) is 88.3 Å². The fourth-order valence-electron chi connectivity index (χ4n) is 4.42. The average molecular weight is 432 g/mol. The van der Waals surface area contributed by atoms with Crippen molar-refractivity contribution in [3.8, 4) is 0 Å². The summed E-state index contributed by atoms with van der Waals surface area (Å²) in [5.41, 5.74) is 11.6. The third-order valence-corrected chi connectivity index (χ3v) is 6.40. The highest BCUT2D eigenvalue weighted by Crippen LogP contribution is 2.41. The number of hydrogen-bond acceptors (Lipinski definition) is 2. The van der Waals surface area contributed by atoms with Crippen LogP contribution in [0.3, 0.4) is 0 Å². The minimum atomic E-state index is -0.305. The summed E-state index contributed by atoms with van der Waals surface area (Å²) in [5.74, 6) is 0.0406. The van der Waals surface area contributed by atoms with Crippen molar-refractivity contribution in [2.45, 2.75) is 46.5 Å². The normalized spacial score (nSPS) is 19.1. The van der Waals surface area contributed by atoms with Crippen molar-refractivity contribution in [1.82, 2.24) is 0 Å². The van der Waals surface area contributed by atoms with Gasteiger partial charge in [-0.3, -0.25) is 4.99 Å². The van der Waals surface area contributed by atoms with E-state index in [0.29, 0.717) is 17.0 Å². The minimum Gasteiger partial charge on any atom is -0.383 e. The van der Waals surface area contributed by atoms with E-state index in [-0.39, 0.29) is 17.2 Å². The first-order valence-corrected chi connectivity index (χ1v) is 11.4. The monoisotopic (exact) mass is 431 g/mol. The maximum Gasteiger partial charge on any atom is 0.126 e. The topological polar surface area (TPSA) is 62.2 Å². The molecule has 4 heteroatoms. The molecule has 1 unspecified atom stereocenters. The zero-order valence-electron chi connectivity index (χ0n) is 19.6. The number of rotatable bonds is 8. The number of hydrogen-bond donors (Lipinski definition) is 2. The number of amidine groups is 1. The largest absolute Gasteiger partial charge is 0.383 e. The molecule has 0 heterocycles. The fourth-order valence-corrected chi connectivity index (χ4v) is 4.42. The maximum absolute atomic E-state index is 14.1. The zero-order valence-corrected chi connectivity index (χ0v) is 19.6. The number of unbranched alkanes of at least 4 members (excludes halogenated alkanes) is 2. The van der Waals surface area contributed by atoms with Crippen molar-refractivity contribution in [1.29, 1.82) is 5.41 Å². The molecule has 0 amide bonds. The van der Waals surface area contributed by atoms with Gasteiger partial charge in [0.15, 0.2) is 0 Å². The van der Waals surface area contributed by atoms with Gasteiger partial charge in [-0.25, -0.2) is 4.39 Å². The third-order valence-electron chi connectivity index (χ3n) is 6.40. The quantitative estimate of drug-likeness (QED) is 0.265. The minimum absolute atomic E-state index is 0.0100. The fraction of sp³-hybridized carbons (Fsp3) is 0.357. The molecule has 0 aliphatic heterocycles. The van der Waals surface area contributed by atoms with Gasteiger partial charge in [0.2, 0.25) is 0 Å². The lowest BCUT2D eigenvalue weighted by Gasteiger charge is -2.30. The molecule has 0 saturated carbocycles. The predicted molar refractivity (Wildman–Crippen MR) is 134 cm³/mol. The SMILES string of the molecule is CCCCCC(C)(C)C1=CC2C=C(c3cccc(F)c3)C(C(N)=NC)=C(C=N)C=C2C=C1. The number of nitrogens with zero attached hydrogens (tertiary/aromatic N) is 1. The molecule has 0 saturated heterocycles. The van der Waals surface area contributed by atoms with Crippen LogP contribution in [-0.4, -0.2) is 19.1 Å². The molecule has 1 aromatic rings. The van der Waals surface area contributed by atoms with Gasteiger partial charge in [-0.1, -0.05) is 76.5 Å². The van der Waals surface area contributed by atoms with E-state index in [2.05, 4.69) is 50.1 Å². The van der Waals surface area contributed by atoms with Crippen molar-refractivity contribution < 1.29 is 4.39 Å². The molecule has 32 heavy (non-hydrogen) atoms. The molecular weight excluding hydrogens is 397 g/mol. The molecule has 2 aliphatic rings. The Bertz CT molecular complexity index is 1060. The Balaban J connectivity index is 2.14. The van der Waals surface area contributed by atoms with Crippen molar-refractivity contribution in [2.24, 2.45) is 22.1 Å².